The maximum absolute atomic E-state index is 12.9. The van der Waals surface area contributed by atoms with Gasteiger partial charge >= 0.3 is 0 Å². The van der Waals surface area contributed by atoms with Crippen molar-refractivity contribution in [2.75, 3.05) is 12.4 Å². The summed E-state index contributed by atoms with van der Waals surface area (Å²) in [5.74, 6) is 0.772. The lowest BCUT2D eigenvalue weighted by molar-refractivity contribution is -0.118. The van der Waals surface area contributed by atoms with Gasteiger partial charge in [0.2, 0.25) is 5.91 Å². The molecule has 2 aromatic rings. The summed E-state index contributed by atoms with van der Waals surface area (Å²) < 4.78 is 5.36. The summed E-state index contributed by atoms with van der Waals surface area (Å²) in [6.07, 6.45) is 0.942. The van der Waals surface area contributed by atoms with Gasteiger partial charge in [0.25, 0.3) is 0 Å². The van der Waals surface area contributed by atoms with E-state index in [0.29, 0.717) is 5.75 Å². The van der Waals surface area contributed by atoms with Gasteiger partial charge in [-0.15, -0.1) is 0 Å². The van der Waals surface area contributed by atoms with E-state index >= 15 is 0 Å². The summed E-state index contributed by atoms with van der Waals surface area (Å²) in [7, 11) is 1.61. The van der Waals surface area contributed by atoms with Gasteiger partial charge < -0.3 is 10.1 Å². The molecule has 3 heteroatoms. The third kappa shape index (κ3) is 4.13. The molecule has 0 aliphatic rings. The van der Waals surface area contributed by atoms with Crippen LogP contribution in [0.15, 0.2) is 48.5 Å². The monoisotopic (exact) mass is 311 g/mol. The van der Waals surface area contributed by atoms with E-state index in [0.717, 1.165) is 23.2 Å². The van der Waals surface area contributed by atoms with Crippen molar-refractivity contribution in [2.45, 2.75) is 33.1 Å². The van der Waals surface area contributed by atoms with Crippen LogP contribution in [-0.2, 0) is 4.79 Å². The fourth-order valence-corrected chi connectivity index (χ4v) is 2.76. The molecule has 0 radical (unpaired) electrons. The van der Waals surface area contributed by atoms with Crippen LogP contribution >= 0.6 is 0 Å². The molecule has 122 valence electrons. The number of amides is 1. The van der Waals surface area contributed by atoms with E-state index < -0.39 is 0 Å². The molecule has 0 aliphatic carbocycles. The van der Waals surface area contributed by atoms with Crippen LogP contribution in [0.4, 0.5) is 5.69 Å². The van der Waals surface area contributed by atoms with Crippen LogP contribution in [0.3, 0.4) is 0 Å². The molecule has 2 unspecified atom stereocenters. The number of carbonyl (C=O) groups excluding carboxylic acids is 1. The number of ether oxygens (including phenoxy) is 1. The molecule has 0 saturated carbocycles. The first kappa shape index (κ1) is 17.1. The largest absolute Gasteiger partial charge is 0.495 e. The smallest absolute Gasteiger partial charge is 0.232 e. The quantitative estimate of drug-likeness (QED) is 0.834. The summed E-state index contributed by atoms with van der Waals surface area (Å²) >= 11 is 0. The number of benzene rings is 2. The molecule has 0 bridgehead atoms. The van der Waals surface area contributed by atoms with Gasteiger partial charge in [-0.2, -0.15) is 0 Å². The number of carbonyl (C=O) groups is 1. The first-order chi connectivity index (χ1) is 11.1. The SMILES string of the molecule is CCC(C)C(C(=O)Nc1cc(C)ccc1OC)c1ccccc1. The Morgan fingerprint density at radius 3 is 2.48 bits per heavy atom. The Labute approximate surface area is 138 Å². The van der Waals surface area contributed by atoms with E-state index in [4.69, 9.17) is 4.74 Å². The maximum atomic E-state index is 12.9. The second-order valence-corrected chi connectivity index (χ2v) is 5.97. The molecule has 2 aromatic carbocycles. The highest BCUT2D eigenvalue weighted by molar-refractivity contribution is 5.97. The Morgan fingerprint density at radius 1 is 1.17 bits per heavy atom. The molecule has 2 atom stereocenters. The zero-order chi connectivity index (χ0) is 16.8. The second-order valence-electron chi connectivity index (χ2n) is 5.97. The fourth-order valence-electron chi connectivity index (χ4n) is 2.76. The molecule has 1 N–H and O–H groups in total. The maximum Gasteiger partial charge on any atom is 0.232 e. The normalized spacial score (nSPS) is 13.2. The molecule has 0 spiro atoms. The van der Waals surface area contributed by atoms with Gasteiger partial charge in [0.05, 0.1) is 18.7 Å². The highest BCUT2D eigenvalue weighted by atomic mass is 16.5. The van der Waals surface area contributed by atoms with Gasteiger partial charge in [0, 0.05) is 0 Å². The number of rotatable bonds is 6. The minimum atomic E-state index is -0.175. The molecule has 0 fully saturated rings. The van der Waals surface area contributed by atoms with Crippen molar-refractivity contribution in [2.24, 2.45) is 5.92 Å². The van der Waals surface area contributed by atoms with Gasteiger partial charge in [0.15, 0.2) is 0 Å². The van der Waals surface area contributed by atoms with Crippen molar-refractivity contribution in [1.82, 2.24) is 0 Å². The van der Waals surface area contributed by atoms with E-state index in [9.17, 15) is 4.79 Å². The van der Waals surface area contributed by atoms with Crippen LogP contribution in [0.2, 0.25) is 0 Å². The van der Waals surface area contributed by atoms with E-state index in [-0.39, 0.29) is 17.7 Å². The summed E-state index contributed by atoms with van der Waals surface area (Å²) in [4.78, 5) is 12.9. The Kier molecular flexibility index (Phi) is 5.80. The average molecular weight is 311 g/mol. The van der Waals surface area contributed by atoms with Crippen LogP contribution in [0.1, 0.15) is 37.3 Å². The molecule has 0 heterocycles. The van der Waals surface area contributed by atoms with Crippen LogP contribution < -0.4 is 10.1 Å². The standard InChI is InChI=1S/C20H25NO2/c1-5-15(3)19(16-9-7-6-8-10-16)20(22)21-17-13-14(2)11-12-18(17)23-4/h6-13,15,19H,5H2,1-4H3,(H,21,22). The average Bonchev–Trinajstić information content (AvgIpc) is 2.56. The zero-order valence-corrected chi connectivity index (χ0v) is 14.3. The number of nitrogens with one attached hydrogen (secondary N) is 1. The van der Waals surface area contributed by atoms with E-state index in [1.807, 2.05) is 55.5 Å². The number of hydrogen-bond acceptors (Lipinski definition) is 2. The van der Waals surface area contributed by atoms with E-state index in [2.05, 4.69) is 19.2 Å². The Balaban J connectivity index is 2.30. The summed E-state index contributed by atoms with van der Waals surface area (Å²) in [6.45, 7) is 6.23. The topological polar surface area (TPSA) is 38.3 Å². The van der Waals surface area contributed by atoms with Gasteiger partial charge in [0.1, 0.15) is 5.75 Å². The van der Waals surface area contributed by atoms with Crippen LogP contribution in [0, 0.1) is 12.8 Å². The first-order valence-corrected chi connectivity index (χ1v) is 8.07. The number of methoxy groups -OCH3 is 1. The number of aryl methyl sites for hydroxylation is 1. The number of hydrogen-bond donors (Lipinski definition) is 1. The van der Waals surface area contributed by atoms with Gasteiger partial charge in [-0.05, 0) is 36.1 Å². The molecule has 1 amide bonds. The fraction of sp³-hybridized carbons (Fsp3) is 0.350. The second kappa shape index (κ2) is 7.82. The van der Waals surface area contributed by atoms with E-state index in [1.165, 1.54) is 0 Å². The third-order valence-corrected chi connectivity index (χ3v) is 4.27. The predicted molar refractivity (Wildman–Crippen MR) is 95.0 cm³/mol. The zero-order valence-electron chi connectivity index (χ0n) is 14.3. The minimum Gasteiger partial charge on any atom is -0.495 e. The van der Waals surface area contributed by atoms with Gasteiger partial charge in [-0.3, -0.25) is 4.79 Å². The lowest BCUT2D eigenvalue weighted by Gasteiger charge is -2.23. The van der Waals surface area contributed by atoms with Crippen LogP contribution in [0.5, 0.6) is 5.75 Å². The molecule has 23 heavy (non-hydrogen) atoms. The highest BCUT2D eigenvalue weighted by Crippen LogP contribution is 2.31. The van der Waals surface area contributed by atoms with Crippen molar-refractivity contribution >= 4 is 11.6 Å². The molecular weight excluding hydrogens is 286 g/mol. The van der Waals surface area contributed by atoms with Crippen molar-refractivity contribution < 1.29 is 9.53 Å². The molecular formula is C20H25NO2. The lowest BCUT2D eigenvalue weighted by atomic mass is 9.85. The molecule has 0 aromatic heterocycles. The molecule has 2 rings (SSSR count). The summed E-state index contributed by atoms with van der Waals surface area (Å²) in [5.41, 5.74) is 2.86. The molecule has 0 saturated heterocycles. The van der Waals surface area contributed by atoms with Gasteiger partial charge in [-0.1, -0.05) is 56.7 Å². The third-order valence-electron chi connectivity index (χ3n) is 4.27. The Bertz CT molecular complexity index is 652. The van der Waals surface area contributed by atoms with Crippen molar-refractivity contribution in [3.8, 4) is 5.75 Å². The molecule has 0 aliphatic heterocycles. The highest BCUT2D eigenvalue weighted by Gasteiger charge is 2.26. The van der Waals surface area contributed by atoms with Gasteiger partial charge in [-0.25, -0.2) is 0 Å². The summed E-state index contributed by atoms with van der Waals surface area (Å²) in [5, 5.41) is 3.05. The van der Waals surface area contributed by atoms with Crippen molar-refractivity contribution in [3.05, 3.63) is 59.7 Å². The van der Waals surface area contributed by atoms with Crippen LogP contribution in [0.25, 0.3) is 0 Å². The number of anilines is 1. The lowest BCUT2D eigenvalue weighted by Crippen LogP contribution is -2.26. The van der Waals surface area contributed by atoms with Crippen molar-refractivity contribution in [1.29, 1.82) is 0 Å². The Hall–Kier alpha value is -2.29. The van der Waals surface area contributed by atoms with Crippen molar-refractivity contribution in [3.63, 3.8) is 0 Å². The predicted octanol–water partition coefficient (Wildman–Crippen LogP) is 4.77. The first-order valence-electron chi connectivity index (χ1n) is 8.07. The molecule has 3 nitrogen and oxygen atoms in total. The van der Waals surface area contributed by atoms with Crippen LogP contribution in [-0.4, -0.2) is 13.0 Å². The Morgan fingerprint density at radius 2 is 1.87 bits per heavy atom. The van der Waals surface area contributed by atoms with E-state index in [1.54, 1.807) is 7.11 Å². The summed E-state index contributed by atoms with van der Waals surface area (Å²) in [6, 6.07) is 15.8. The minimum absolute atomic E-state index is 0.00875.